The van der Waals surface area contributed by atoms with Crippen molar-refractivity contribution < 1.29 is 0 Å². The minimum Gasteiger partial charge on any atom is -0.360 e. The lowest BCUT2D eigenvalue weighted by Gasteiger charge is -2.13. The molecule has 0 aliphatic heterocycles. The second kappa shape index (κ2) is 13.6. The number of pyridine rings is 4. The molecule has 2 N–H and O–H groups in total. The van der Waals surface area contributed by atoms with Gasteiger partial charge in [0.1, 0.15) is 0 Å². The molecule has 0 fully saturated rings. The van der Waals surface area contributed by atoms with Crippen molar-refractivity contribution >= 4 is 90.7 Å². The van der Waals surface area contributed by atoms with Gasteiger partial charge in [-0.1, -0.05) is 84.2 Å². The molecule has 8 rings (SSSR count). The Balaban J connectivity index is 1.07. The van der Waals surface area contributed by atoms with Crippen LogP contribution in [0.4, 0.5) is 0 Å². The number of rotatable bonds is 9. The number of nitrogens with zero attached hydrogens (tertiary/aromatic N) is 2. The lowest BCUT2D eigenvalue weighted by molar-refractivity contribution is 1.18. The van der Waals surface area contributed by atoms with Gasteiger partial charge in [0, 0.05) is 88.5 Å². The number of nitrogens with one attached hydrogen (secondary N) is 2. The normalized spacial score (nSPS) is 11.6. The van der Waals surface area contributed by atoms with Crippen LogP contribution in [0.2, 0.25) is 0 Å². The Morgan fingerprint density at radius 1 is 0.479 bits per heavy atom. The lowest BCUT2D eigenvalue weighted by atomic mass is 10.2. The Morgan fingerprint density at radius 3 is 1.33 bits per heavy atom. The summed E-state index contributed by atoms with van der Waals surface area (Å²) in [6.07, 6.45) is 7.45. The summed E-state index contributed by atoms with van der Waals surface area (Å²) in [4.78, 5) is 48.4. The fourth-order valence-electron chi connectivity index (χ4n) is 5.58. The number of aromatic amines is 2. The van der Waals surface area contributed by atoms with Crippen LogP contribution < -0.4 is 10.9 Å². The first-order valence-corrected chi connectivity index (χ1v) is 18.8. The third-order valence-corrected chi connectivity index (χ3v) is 12.8. The quantitative estimate of drug-likeness (QED) is 0.114. The molecule has 4 aromatic heterocycles. The molecule has 6 nitrogen and oxygen atoms in total. The Labute approximate surface area is 292 Å². The molecule has 0 aliphatic rings. The fraction of sp³-hybridized carbons (Fsp3) is 0.0526. The van der Waals surface area contributed by atoms with Crippen molar-refractivity contribution in [2.45, 2.75) is 29.4 Å². The van der Waals surface area contributed by atoms with Crippen LogP contribution in [0, 0.1) is 0 Å². The summed E-state index contributed by atoms with van der Waals surface area (Å²) in [6, 6.07) is 31.3. The minimum absolute atomic E-state index is 0.0147. The predicted molar refractivity (Wildman–Crippen MR) is 202 cm³/mol. The number of benzene rings is 4. The number of aromatic nitrogens is 4. The highest BCUT2D eigenvalue weighted by Gasteiger charge is 2.17. The predicted octanol–water partition coefficient (Wildman–Crippen LogP) is 9.65. The van der Waals surface area contributed by atoms with E-state index in [2.05, 4.69) is 22.1 Å². The van der Waals surface area contributed by atoms with Gasteiger partial charge in [-0.25, -0.2) is 0 Å². The van der Waals surface area contributed by atoms with Crippen molar-refractivity contribution in [2.24, 2.45) is 0 Å². The van der Waals surface area contributed by atoms with Crippen molar-refractivity contribution in [3.8, 4) is 0 Å². The first kappa shape index (κ1) is 30.8. The van der Waals surface area contributed by atoms with Gasteiger partial charge in [-0.3, -0.25) is 19.6 Å². The molecule has 0 atom stereocenters. The Morgan fingerprint density at radius 2 is 0.875 bits per heavy atom. The van der Waals surface area contributed by atoms with E-state index in [9.17, 15) is 9.59 Å². The molecule has 0 bridgehead atoms. The molecule has 48 heavy (non-hydrogen) atoms. The number of thioether (sulfide) groups is 2. The third-order valence-electron chi connectivity index (χ3n) is 7.92. The molecule has 0 unspecified atom stereocenters. The molecule has 4 heterocycles. The summed E-state index contributed by atoms with van der Waals surface area (Å²) in [7, 11) is 0. The molecule has 234 valence electrons. The maximum absolute atomic E-state index is 13.4. The summed E-state index contributed by atoms with van der Waals surface area (Å²) < 4.78 is 0. The van der Waals surface area contributed by atoms with Crippen molar-refractivity contribution in [1.29, 1.82) is 0 Å². The molecular weight excluding hydrogens is 673 g/mol. The molecule has 0 spiro atoms. The lowest BCUT2D eigenvalue weighted by Crippen LogP contribution is -2.05. The van der Waals surface area contributed by atoms with Gasteiger partial charge >= 0.3 is 0 Å². The minimum atomic E-state index is 0.0147. The van der Waals surface area contributed by atoms with Crippen LogP contribution in [-0.2, 0) is 0 Å². The van der Waals surface area contributed by atoms with E-state index >= 15 is 0 Å². The fourth-order valence-corrected chi connectivity index (χ4v) is 9.98. The zero-order chi connectivity index (χ0) is 32.5. The summed E-state index contributed by atoms with van der Waals surface area (Å²) in [6.45, 7) is 0. The number of hydrogen-bond acceptors (Lipinski definition) is 8. The van der Waals surface area contributed by atoms with Gasteiger partial charge in [0.2, 0.25) is 10.9 Å². The monoisotopic (exact) mass is 698 g/mol. The average Bonchev–Trinajstić information content (AvgIpc) is 3.13. The molecule has 4 aromatic carbocycles. The second-order valence-corrected chi connectivity index (χ2v) is 15.3. The largest absolute Gasteiger partial charge is 0.360 e. The molecule has 0 amide bonds. The Hall–Kier alpha value is -4.48. The van der Waals surface area contributed by atoms with Gasteiger partial charge in [-0.2, -0.15) is 0 Å². The highest BCUT2D eigenvalue weighted by Crippen LogP contribution is 2.42. The molecular formula is C38H26N4O2S4. The zero-order valence-electron chi connectivity index (χ0n) is 25.3. The van der Waals surface area contributed by atoms with Crippen LogP contribution in [0.3, 0.4) is 0 Å². The average molecular weight is 699 g/mol. The smallest absolute Gasteiger partial charge is 0.203 e. The topological polar surface area (TPSA) is 91.5 Å². The number of para-hydroxylation sites is 4. The van der Waals surface area contributed by atoms with Crippen molar-refractivity contribution in [2.75, 3.05) is 11.5 Å². The maximum Gasteiger partial charge on any atom is 0.203 e. The maximum atomic E-state index is 13.4. The zero-order valence-corrected chi connectivity index (χ0v) is 28.6. The van der Waals surface area contributed by atoms with E-state index in [0.29, 0.717) is 20.6 Å². The van der Waals surface area contributed by atoms with Crippen LogP contribution >= 0.6 is 47.0 Å². The van der Waals surface area contributed by atoms with E-state index in [-0.39, 0.29) is 10.9 Å². The second-order valence-electron chi connectivity index (χ2n) is 10.9. The first-order valence-electron chi connectivity index (χ1n) is 15.2. The van der Waals surface area contributed by atoms with E-state index in [0.717, 1.165) is 63.9 Å². The standard InChI is InChI=1S/C38H26N4O2S4/c43-35-23-9-1-5-13-27(23)39-19-31(35)47-37-25-11-3-7-15-29(25)41-21-33(37)45-17-18-46-34-22-42-30-16-8-4-12-26(30)38(34)48-32-20-40-28-14-6-2-10-24(28)36(32)44/h1-16,19-22H,17-18H2,(H,39,43)(H,40,44). The van der Waals surface area contributed by atoms with E-state index in [1.807, 2.05) is 97.3 Å². The number of fused-ring (bicyclic) bond motifs is 4. The highest BCUT2D eigenvalue weighted by molar-refractivity contribution is 8.05. The Kier molecular flexibility index (Phi) is 8.71. The highest BCUT2D eigenvalue weighted by atomic mass is 32.2. The van der Waals surface area contributed by atoms with E-state index in [4.69, 9.17) is 9.97 Å². The van der Waals surface area contributed by atoms with Gasteiger partial charge in [-0.05, 0) is 36.4 Å². The summed E-state index contributed by atoms with van der Waals surface area (Å²) in [5.41, 5.74) is 3.46. The van der Waals surface area contributed by atoms with Gasteiger partial charge in [0.15, 0.2) is 0 Å². The van der Waals surface area contributed by atoms with Crippen LogP contribution in [0.5, 0.6) is 0 Å². The number of hydrogen-bond donors (Lipinski definition) is 2. The van der Waals surface area contributed by atoms with Crippen LogP contribution in [0.15, 0.2) is 161 Å². The summed E-state index contributed by atoms with van der Waals surface area (Å²) in [5, 5.41) is 3.39. The van der Waals surface area contributed by atoms with Gasteiger partial charge in [0.25, 0.3) is 0 Å². The van der Waals surface area contributed by atoms with E-state index in [1.165, 1.54) is 23.5 Å². The molecule has 0 aliphatic carbocycles. The molecule has 10 heteroatoms. The van der Waals surface area contributed by atoms with E-state index in [1.54, 1.807) is 35.9 Å². The summed E-state index contributed by atoms with van der Waals surface area (Å²) in [5.74, 6) is 1.61. The van der Waals surface area contributed by atoms with Crippen molar-refractivity contribution in [1.82, 2.24) is 19.9 Å². The van der Waals surface area contributed by atoms with Crippen molar-refractivity contribution in [3.63, 3.8) is 0 Å². The van der Waals surface area contributed by atoms with Crippen molar-refractivity contribution in [3.05, 3.63) is 142 Å². The van der Waals surface area contributed by atoms with Crippen LogP contribution in [0.1, 0.15) is 0 Å². The molecule has 0 saturated carbocycles. The van der Waals surface area contributed by atoms with Gasteiger partial charge in [-0.15, -0.1) is 23.5 Å². The van der Waals surface area contributed by atoms with E-state index < -0.39 is 0 Å². The van der Waals surface area contributed by atoms with Crippen LogP contribution in [-0.4, -0.2) is 31.4 Å². The molecule has 8 aromatic rings. The first-order chi connectivity index (χ1) is 23.6. The van der Waals surface area contributed by atoms with Gasteiger partial charge in [0.05, 0.1) is 20.8 Å². The Bertz CT molecular complexity index is 2420. The third kappa shape index (κ3) is 6.01. The molecule has 0 radical (unpaired) electrons. The SMILES string of the molecule is O=c1c(Sc2c(SCCSc3cnc4ccccc4c3Sc3c[nH]c4ccccc4c3=O)cnc3ccccc23)c[nH]c2ccccc12. The van der Waals surface area contributed by atoms with Crippen LogP contribution in [0.25, 0.3) is 43.6 Å². The van der Waals surface area contributed by atoms with Gasteiger partial charge < -0.3 is 9.97 Å². The number of H-pyrrole nitrogens is 2. The molecule has 0 saturated heterocycles. The summed E-state index contributed by atoms with van der Waals surface area (Å²) >= 11 is 6.44.